The first-order valence-electron chi connectivity index (χ1n) is 13.5. The average molecular weight is 538 g/mol. The van der Waals surface area contributed by atoms with Crippen molar-refractivity contribution in [1.29, 1.82) is 0 Å². The number of Topliss-reactive ketones (excluding diaryl/α,β-unsaturated/α-hetero) is 1. The number of carbonyl (C=O) groups excluding carboxylic acids is 1. The molecule has 0 aliphatic carbocycles. The fourth-order valence-corrected chi connectivity index (χ4v) is 5.80. The van der Waals surface area contributed by atoms with Crippen LogP contribution in [-0.4, -0.2) is 54.8 Å². The van der Waals surface area contributed by atoms with Gasteiger partial charge in [-0.2, -0.15) is 0 Å². The predicted octanol–water partition coefficient (Wildman–Crippen LogP) is 5.15. The van der Waals surface area contributed by atoms with Gasteiger partial charge in [-0.1, -0.05) is 121 Å². The first-order chi connectivity index (χ1) is 19.5. The summed E-state index contributed by atoms with van der Waals surface area (Å²) in [6.07, 6.45) is -0.729. The zero-order valence-corrected chi connectivity index (χ0v) is 22.9. The molecule has 2 unspecified atom stereocenters. The molecule has 40 heavy (non-hydrogen) atoms. The second-order valence-electron chi connectivity index (χ2n) is 9.99. The van der Waals surface area contributed by atoms with Crippen LogP contribution in [0.3, 0.4) is 0 Å². The number of rotatable bonds is 11. The highest BCUT2D eigenvalue weighted by Crippen LogP contribution is 2.43. The Kier molecular flexibility index (Phi) is 8.54. The molecule has 1 saturated heterocycles. The first-order valence-corrected chi connectivity index (χ1v) is 13.5. The molecule has 0 amide bonds. The molecule has 1 N–H and O–H groups in total. The highest BCUT2D eigenvalue weighted by atomic mass is 16.7. The molecule has 0 saturated carbocycles. The van der Waals surface area contributed by atoms with Crippen LogP contribution in [-0.2, 0) is 31.0 Å². The standard InChI is InChI=1S/C34H35NO5/c1-38-33(39-2)24-31(37)32(30(36)23-26-15-7-3-8-16-26)35(33)25-40-34(27-17-9-4-10-18-27,28-19-11-5-12-20-28)29-21-13-6-14-22-29/h3-22,31-32,37H,23-25H2,1-2H3. The number of hydrogen-bond acceptors (Lipinski definition) is 6. The van der Waals surface area contributed by atoms with E-state index < -0.39 is 23.7 Å². The molecule has 0 radical (unpaired) electrons. The molecule has 6 nitrogen and oxygen atoms in total. The van der Waals surface area contributed by atoms with Crippen LogP contribution in [0.2, 0.25) is 0 Å². The first kappa shape index (κ1) is 27.9. The van der Waals surface area contributed by atoms with Gasteiger partial charge in [0.25, 0.3) is 0 Å². The van der Waals surface area contributed by atoms with Gasteiger partial charge in [0.15, 0.2) is 5.78 Å². The number of aliphatic hydroxyl groups is 1. The highest BCUT2D eigenvalue weighted by Gasteiger charge is 2.56. The van der Waals surface area contributed by atoms with Crippen LogP contribution < -0.4 is 0 Å². The Bertz CT molecular complexity index is 1260. The smallest absolute Gasteiger partial charge is 0.234 e. The Balaban J connectivity index is 1.58. The summed E-state index contributed by atoms with van der Waals surface area (Å²) in [6.45, 7) is -0.0530. The maximum Gasteiger partial charge on any atom is 0.234 e. The van der Waals surface area contributed by atoms with Crippen molar-refractivity contribution in [3.63, 3.8) is 0 Å². The topological polar surface area (TPSA) is 68.2 Å². The Hall–Kier alpha value is -3.65. The lowest BCUT2D eigenvalue weighted by Crippen LogP contribution is -2.55. The van der Waals surface area contributed by atoms with E-state index in [1.54, 1.807) is 4.90 Å². The minimum absolute atomic E-state index is 0.0530. The Morgan fingerprint density at radius 3 is 1.62 bits per heavy atom. The fourth-order valence-electron chi connectivity index (χ4n) is 5.80. The number of ether oxygens (including phenoxy) is 3. The van der Waals surface area contributed by atoms with Crippen molar-refractivity contribution >= 4 is 5.78 Å². The third-order valence-corrected chi connectivity index (χ3v) is 7.76. The fraction of sp³-hybridized carbons (Fsp3) is 0.265. The predicted molar refractivity (Wildman–Crippen MR) is 153 cm³/mol. The van der Waals surface area contributed by atoms with Gasteiger partial charge in [-0.05, 0) is 22.3 Å². The summed E-state index contributed by atoms with van der Waals surface area (Å²) in [7, 11) is 3.04. The van der Waals surface area contributed by atoms with Crippen LogP contribution in [0.15, 0.2) is 121 Å². The van der Waals surface area contributed by atoms with E-state index in [2.05, 4.69) is 0 Å². The summed E-state index contributed by atoms with van der Waals surface area (Å²) in [6, 6.07) is 38.7. The number of benzene rings is 4. The second-order valence-corrected chi connectivity index (χ2v) is 9.99. The summed E-state index contributed by atoms with van der Waals surface area (Å²) in [5, 5.41) is 11.2. The van der Waals surface area contributed by atoms with E-state index in [1.807, 2.05) is 121 Å². The van der Waals surface area contributed by atoms with E-state index in [0.29, 0.717) is 0 Å². The molecule has 1 aliphatic rings. The van der Waals surface area contributed by atoms with Gasteiger partial charge in [-0.25, -0.2) is 4.90 Å². The molecule has 206 valence electrons. The number of ketones is 1. The third kappa shape index (κ3) is 5.24. The molecule has 4 aromatic carbocycles. The molecular weight excluding hydrogens is 502 g/mol. The van der Waals surface area contributed by atoms with E-state index in [0.717, 1.165) is 22.3 Å². The van der Waals surface area contributed by atoms with Gasteiger partial charge in [0.1, 0.15) is 18.4 Å². The summed E-state index contributed by atoms with van der Waals surface area (Å²) >= 11 is 0. The molecule has 2 atom stereocenters. The average Bonchev–Trinajstić information content (AvgIpc) is 3.31. The van der Waals surface area contributed by atoms with E-state index in [1.165, 1.54) is 14.2 Å². The van der Waals surface area contributed by atoms with Crippen molar-refractivity contribution in [3.05, 3.63) is 144 Å². The quantitative estimate of drug-likeness (QED) is 0.211. The summed E-state index contributed by atoms with van der Waals surface area (Å²) in [5.74, 6) is -1.48. The maximum absolute atomic E-state index is 13.7. The van der Waals surface area contributed by atoms with Crippen LogP contribution >= 0.6 is 0 Å². The lowest BCUT2D eigenvalue weighted by Gasteiger charge is -2.42. The molecule has 1 aliphatic heterocycles. The van der Waals surface area contributed by atoms with E-state index in [9.17, 15) is 9.90 Å². The zero-order valence-electron chi connectivity index (χ0n) is 22.9. The molecule has 0 aromatic heterocycles. The van der Waals surface area contributed by atoms with E-state index in [4.69, 9.17) is 14.2 Å². The van der Waals surface area contributed by atoms with Crippen molar-refractivity contribution in [2.45, 2.75) is 36.5 Å². The van der Waals surface area contributed by atoms with Gasteiger partial charge in [0.05, 0.1) is 6.10 Å². The van der Waals surface area contributed by atoms with Crippen molar-refractivity contribution in [2.75, 3.05) is 21.0 Å². The van der Waals surface area contributed by atoms with Gasteiger partial charge in [-0.3, -0.25) is 4.79 Å². The number of methoxy groups -OCH3 is 2. The highest BCUT2D eigenvalue weighted by molar-refractivity contribution is 5.87. The van der Waals surface area contributed by atoms with Crippen molar-refractivity contribution in [3.8, 4) is 0 Å². The van der Waals surface area contributed by atoms with Gasteiger partial charge >= 0.3 is 0 Å². The van der Waals surface area contributed by atoms with Crippen LogP contribution in [0.25, 0.3) is 0 Å². The minimum Gasteiger partial charge on any atom is -0.391 e. The van der Waals surface area contributed by atoms with Crippen molar-refractivity contribution < 1.29 is 24.1 Å². The van der Waals surface area contributed by atoms with Crippen molar-refractivity contribution in [2.24, 2.45) is 0 Å². The van der Waals surface area contributed by atoms with E-state index >= 15 is 0 Å². The number of likely N-dealkylation sites (tertiary alicyclic amines) is 1. The lowest BCUT2D eigenvalue weighted by molar-refractivity contribution is -0.303. The third-order valence-electron chi connectivity index (χ3n) is 7.76. The largest absolute Gasteiger partial charge is 0.391 e. The Morgan fingerprint density at radius 1 is 0.775 bits per heavy atom. The SMILES string of the molecule is COC1(OC)CC(O)C(C(=O)Cc2ccccc2)N1COC(c1ccccc1)(c1ccccc1)c1ccccc1. The van der Waals surface area contributed by atoms with Crippen LogP contribution in [0, 0.1) is 0 Å². The number of aliphatic hydroxyl groups excluding tert-OH is 1. The molecule has 0 spiro atoms. The molecule has 1 fully saturated rings. The minimum atomic E-state index is -1.34. The van der Waals surface area contributed by atoms with Crippen molar-refractivity contribution in [1.82, 2.24) is 4.90 Å². The number of carbonyl (C=O) groups is 1. The van der Waals surface area contributed by atoms with Gasteiger partial charge in [0.2, 0.25) is 5.91 Å². The molecule has 1 heterocycles. The summed E-state index contributed by atoms with van der Waals surface area (Å²) in [5.41, 5.74) is 2.65. The Morgan fingerprint density at radius 2 is 1.20 bits per heavy atom. The maximum atomic E-state index is 13.7. The van der Waals surface area contributed by atoms with Gasteiger partial charge in [0, 0.05) is 27.1 Å². The monoisotopic (exact) mass is 537 g/mol. The lowest BCUT2D eigenvalue weighted by atomic mass is 9.80. The normalized spacial score (nSPS) is 19.0. The van der Waals surface area contributed by atoms with Gasteiger partial charge < -0.3 is 19.3 Å². The number of nitrogens with zero attached hydrogens (tertiary/aromatic N) is 1. The molecule has 4 aromatic rings. The van der Waals surface area contributed by atoms with E-state index in [-0.39, 0.29) is 25.4 Å². The van der Waals surface area contributed by atoms with Crippen LogP contribution in [0.1, 0.15) is 28.7 Å². The second kappa shape index (κ2) is 12.3. The summed E-state index contributed by atoms with van der Waals surface area (Å²) in [4.78, 5) is 15.4. The van der Waals surface area contributed by atoms with Crippen LogP contribution in [0.4, 0.5) is 0 Å². The number of hydrogen-bond donors (Lipinski definition) is 1. The molecule has 6 heteroatoms. The van der Waals surface area contributed by atoms with Crippen LogP contribution in [0.5, 0.6) is 0 Å². The summed E-state index contributed by atoms with van der Waals surface area (Å²) < 4.78 is 18.7. The molecule has 5 rings (SSSR count). The molecule has 0 bridgehead atoms. The zero-order chi connectivity index (χ0) is 28.0. The van der Waals surface area contributed by atoms with Gasteiger partial charge in [-0.15, -0.1) is 0 Å². The Labute approximate surface area is 235 Å². The molecular formula is C34H35NO5.